The fourth-order valence-electron chi connectivity index (χ4n) is 2.85. The molecule has 0 spiro atoms. The molecule has 6 N–H and O–H groups in total. The highest BCUT2D eigenvalue weighted by molar-refractivity contribution is 5.39. The first-order valence-electron chi connectivity index (χ1n) is 11.0. The highest BCUT2D eigenvalue weighted by Gasteiger charge is 2.25. The quantitative estimate of drug-likeness (QED) is 0.332. The van der Waals surface area contributed by atoms with Crippen molar-refractivity contribution in [3.63, 3.8) is 0 Å². The molecule has 0 atom stereocenters. The summed E-state index contributed by atoms with van der Waals surface area (Å²) in [6, 6.07) is 7.25. The third kappa shape index (κ3) is 16.6. The molecule has 33 heavy (non-hydrogen) atoms. The lowest BCUT2D eigenvalue weighted by Crippen LogP contribution is -2.34. The normalized spacial score (nSPS) is 14.9. The van der Waals surface area contributed by atoms with Gasteiger partial charge in [0.25, 0.3) is 0 Å². The number of nitrogens with two attached hydrogens (primary N) is 1. The average Bonchev–Trinajstić information content (AvgIpc) is 2.99. The average molecular weight is 474 g/mol. The predicted octanol–water partition coefficient (Wildman–Crippen LogP) is 3.80. The van der Waals surface area contributed by atoms with Crippen LogP contribution in [0, 0.1) is 0 Å². The zero-order valence-electron chi connectivity index (χ0n) is 20.5. The van der Waals surface area contributed by atoms with Crippen molar-refractivity contribution < 1.29 is 16.8 Å². The Labute approximate surface area is 205 Å². The smallest absolute Gasteiger partial charge is 0.0581 e. The maximum absolute atomic E-state index is 9.21. The van der Waals surface area contributed by atoms with Gasteiger partial charge in [0.15, 0.2) is 0 Å². The van der Waals surface area contributed by atoms with Crippen LogP contribution in [-0.4, -0.2) is 83.0 Å². The number of benzene rings is 1. The summed E-state index contributed by atoms with van der Waals surface area (Å²) in [6.45, 7) is 13.2. The van der Waals surface area contributed by atoms with E-state index in [1.807, 2.05) is 26.0 Å². The van der Waals surface area contributed by atoms with Crippen molar-refractivity contribution in [2.45, 2.75) is 68.0 Å². The van der Waals surface area contributed by atoms with E-state index in [1.165, 1.54) is 12.1 Å². The second kappa shape index (κ2) is 18.7. The third-order valence-electron chi connectivity index (χ3n) is 4.33. The van der Waals surface area contributed by atoms with Gasteiger partial charge in [0, 0.05) is 53.1 Å². The molecule has 0 unspecified atom stereocenters. The molecule has 0 aromatic heterocycles. The number of hydrazine groups is 1. The monoisotopic (exact) mass is 473 g/mol. The third-order valence-corrected chi connectivity index (χ3v) is 4.33. The van der Waals surface area contributed by atoms with Crippen LogP contribution in [0.2, 0.25) is 0 Å². The number of nitrogens with zero attached hydrogens (tertiary/aromatic N) is 3. The number of hydrogen-bond donors (Lipinski definition) is 5. The van der Waals surface area contributed by atoms with Crippen LogP contribution in [0.15, 0.2) is 35.5 Å². The molecule has 1 aromatic rings. The minimum absolute atomic E-state index is 0. The van der Waals surface area contributed by atoms with Crippen LogP contribution >= 0.6 is 0 Å². The number of hydrogen-bond acceptors (Lipinski definition) is 8. The molecule has 8 nitrogen and oxygen atoms in total. The van der Waals surface area contributed by atoms with Crippen molar-refractivity contribution in [1.82, 2.24) is 20.4 Å². The van der Waals surface area contributed by atoms with E-state index in [2.05, 4.69) is 29.4 Å². The van der Waals surface area contributed by atoms with Gasteiger partial charge in [0.2, 0.25) is 0 Å². The number of hydroxylamine groups is 2. The van der Waals surface area contributed by atoms with Crippen molar-refractivity contribution in [3.05, 3.63) is 41.1 Å². The molecule has 0 saturated carbocycles. The molecule has 2 heterocycles. The van der Waals surface area contributed by atoms with Gasteiger partial charge >= 0.3 is 0 Å². The molecule has 8 heteroatoms. The summed E-state index contributed by atoms with van der Waals surface area (Å²) >= 11 is 0. The van der Waals surface area contributed by atoms with Crippen LogP contribution in [0.4, 0.5) is 5.69 Å². The summed E-state index contributed by atoms with van der Waals surface area (Å²) < 4.78 is 0. The zero-order valence-corrected chi connectivity index (χ0v) is 20.5. The Kier molecular flexibility index (Phi) is 20.4. The number of anilines is 1. The lowest BCUT2D eigenvalue weighted by Gasteiger charge is -2.25. The highest BCUT2D eigenvalue weighted by Crippen LogP contribution is 2.23. The molecule has 0 amide bonds. The number of rotatable bonds is 4. The SMILES string of the molecule is C.C.CC.CC(C)(C)O.CN1CC2=C(CNCC2)N1C.Nc1ccc(CN(O)CCO)cc1.[HH]. The minimum atomic E-state index is -0.500. The molecule has 0 radical (unpaired) electrons. The van der Waals surface area contributed by atoms with E-state index >= 15 is 0 Å². The molecule has 2 aliphatic heterocycles. The summed E-state index contributed by atoms with van der Waals surface area (Å²) in [4.78, 5) is 0. The van der Waals surface area contributed by atoms with Crippen LogP contribution in [-0.2, 0) is 6.54 Å². The molecule has 3 rings (SSSR count). The molecule has 0 bridgehead atoms. The molecule has 0 saturated heterocycles. The van der Waals surface area contributed by atoms with Crippen molar-refractivity contribution in [2.75, 3.05) is 52.6 Å². The standard InChI is InChI=1S/C9H14N2O2.C8H15N3.C4H10O.C2H6.2CH4.H2/c10-9-3-1-8(2-4-9)7-11(13)5-6-12;1-10-6-7-3-4-9-5-8(7)11(10)2;1-4(2,3)5;1-2;;;/h1-4,12-13H,5-7,10H2;9H,3-6H2,1-2H3;5H,1-3H3;1-2H3;2*1H4;1H. The molecular formula is C25H55N5O3. The molecule has 1 aromatic carbocycles. The number of aliphatic hydroxyl groups excluding tert-OH is 1. The van der Waals surface area contributed by atoms with E-state index in [0.717, 1.165) is 30.3 Å². The van der Waals surface area contributed by atoms with Crippen LogP contribution < -0.4 is 11.1 Å². The predicted molar refractivity (Wildman–Crippen MR) is 144 cm³/mol. The van der Waals surface area contributed by atoms with Crippen molar-refractivity contribution in [3.8, 4) is 0 Å². The van der Waals surface area contributed by atoms with E-state index in [4.69, 9.17) is 15.9 Å². The minimum Gasteiger partial charge on any atom is -0.399 e. The van der Waals surface area contributed by atoms with Gasteiger partial charge in [-0.05, 0) is 57.0 Å². The second-order valence-corrected chi connectivity index (χ2v) is 8.34. The Balaban J connectivity index is -0.000000196. The Morgan fingerprint density at radius 3 is 2.09 bits per heavy atom. The van der Waals surface area contributed by atoms with Gasteiger partial charge in [-0.15, -0.1) is 0 Å². The van der Waals surface area contributed by atoms with E-state index in [1.54, 1.807) is 38.5 Å². The van der Waals surface area contributed by atoms with Crippen LogP contribution in [0.5, 0.6) is 0 Å². The first-order chi connectivity index (χ1) is 14.5. The van der Waals surface area contributed by atoms with Gasteiger partial charge in [-0.1, -0.05) is 40.8 Å². The van der Waals surface area contributed by atoms with Gasteiger partial charge in [0.1, 0.15) is 0 Å². The maximum Gasteiger partial charge on any atom is 0.0581 e. The number of nitrogens with one attached hydrogen (secondary N) is 1. The second-order valence-electron chi connectivity index (χ2n) is 8.34. The van der Waals surface area contributed by atoms with Crippen LogP contribution in [0.1, 0.15) is 62.9 Å². The van der Waals surface area contributed by atoms with Gasteiger partial charge in [-0.3, -0.25) is 0 Å². The number of nitrogen functional groups attached to an aromatic ring is 1. The summed E-state index contributed by atoms with van der Waals surface area (Å²) in [7, 11) is 4.27. The topological polar surface area (TPSA) is 108 Å². The number of likely N-dealkylation sites (N-methyl/N-ethyl adjacent to an activating group) is 2. The Morgan fingerprint density at radius 1 is 1.12 bits per heavy atom. The Hall–Kier alpha value is -1.68. The largest absolute Gasteiger partial charge is 0.399 e. The fraction of sp³-hybridized carbons (Fsp3) is 0.680. The number of aliphatic hydroxyl groups is 2. The summed E-state index contributed by atoms with van der Waals surface area (Å²) in [5.74, 6) is 0. The fourth-order valence-corrected chi connectivity index (χ4v) is 2.85. The maximum atomic E-state index is 9.21. The molecular weight excluding hydrogens is 418 g/mol. The first-order valence-corrected chi connectivity index (χ1v) is 11.0. The Bertz CT molecular complexity index is 630. The molecule has 2 aliphatic rings. The lowest BCUT2D eigenvalue weighted by molar-refractivity contribution is -0.107. The summed E-state index contributed by atoms with van der Waals surface area (Å²) in [5.41, 5.74) is 9.77. The van der Waals surface area contributed by atoms with Gasteiger partial charge in [0.05, 0.1) is 12.2 Å². The van der Waals surface area contributed by atoms with Gasteiger partial charge < -0.3 is 31.5 Å². The van der Waals surface area contributed by atoms with Gasteiger partial charge in [-0.2, -0.15) is 5.06 Å². The van der Waals surface area contributed by atoms with Crippen molar-refractivity contribution in [2.24, 2.45) is 0 Å². The first kappa shape index (κ1) is 35.9. The van der Waals surface area contributed by atoms with E-state index in [-0.39, 0.29) is 29.4 Å². The molecule has 0 aliphatic carbocycles. The van der Waals surface area contributed by atoms with E-state index in [0.29, 0.717) is 12.2 Å². The van der Waals surface area contributed by atoms with E-state index in [9.17, 15) is 5.21 Å². The van der Waals surface area contributed by atoms with Crippen LogP contribution in [0.3, 0.4) is 0 Å². The van der Waals surface area contributed by atoms with E-state index < -0.39 is 5.60 Å². The van der Waals surface area contributed by atoms with Crippen molar-refractivity contribution >= 4 is 5.69 Å². The van der Waals surface area contributed by atoms with Crippen LogP contribution in [0.25, 0.3) is 0 Å². The zero-order chi connectivity index (χ0) is 24.0. The highest BCUT2D eigenvalue weighted by atomic mass is 16.5. The lowest BCUT2D eigenvalue weighted by atomic mass is 10.1. The molecule has 198 valence electrons. The summed E-state index contributed by atoms with van der Waals surface area (Å²) in [5, 5.41) is 35.2. The molecule has 0 fully saturated rings. The van der Waals surface area contributed by atoms with Gasteiger partial charge in [-0.25, -0.2) is 5.01 Å². The Morgan fingerprint density at radius 2 is 1.64 bits per heavy atom. The summed E-state index contributed by atoms with van der Waals surface area (Å²) in [6.07, 6.45) is 1.23. The van der Waals surface area contributed by atoms with Crippen molar-refractivity contribution in [1.29, 1.82) is 0 Å².